The minimum absolute atomic E-state index is 0.159. The van der Waals surface area contributed by atoms with Gasteiger partial charge in [-0.1, -0.05) is 18.2 Å². The molecule has 18 heavy (non-hydrogen) atoms. The molecule has 2 unspecified atom stereocenters. The second-order valence-electron chi connectivity index (χ2n) is 4.40. The Kier molecular flexibility index (Phi) is 4.99. The van der Waals surface area contributed by atoms with Crippen LogP contribution in [0.1, 0.15) is 24.9 Å². The molecule has 0 aliphatic carbocycles. The van der Waals surface area contributed by atoms with Crippen LogP contribution in [0.5, 0.6) is 5.75 Å². The first-order valence-corrected chi connectivity index (χ1v) is 6.48. The van der Waals surface area contributed by atoms with E-state index in [0.29, 0.717) is 19.8 Å². The van der Waals surface area contributed by atoms with Crippen molar-refractivity contribution in [1.82, 2.24) is 0 Å². The average molecular weight is 251 g/mol. The molecule has 1 heterocycles. The number of hydrogen-bond donors (Lipinski definition) is 1. The van der Waals surface area contributed by atoms with Gasteiger partial charge in [-0.3, -0.25) is 0 Å². The summed E-state index contributed by atoms with van der Waals surface area (Å²) in [5.41, 5.74) is 7.16. The van der Waals surface area contributed by atoms with Crippen molar-refractivity contribution in [3.63, 3.8) is 0 Å². The van der Waals surface area contributed by atoms with Crippen molar-refractivity contribution in [2.75, 3.05) is 26.4 Å². The third-order valence-corrected chi connectivity index (χ3v) is 3.02. The summed E-state index contributed by atoms with van der Waals surface area (Å²) in [4.78, 5) is 0. The van der Waals surface area contributed by atoms with E-state index in [1.54, 1.807) is 0 Å². The smallest absolute Gasteiger partial charge is 0.124 e. The van der Waals surface area contributed by atoms with Crippen molar-refractivity contribution >= 4 is 0 Å². The molecule has 4 nitrogen and oxygen atoms in total. The number of rotatable bonds is 6. The fraction of sp³-hybridized carbons (Fsp3) is 0.571. The van der Waals surface area contributed by atoms with Crippen LogP contribution in [0.2, 0.25) is 0 Å². The van der Waals surface area contributed by atoms with Gasteiger partial charge in [-0.15, -0.1) is 0 Å². The molecular weight excluding hydrogens is 230 g/mol. The van der Waals surface area contributed by atoms with Gasteiger partial charge >= 0.3 is 0 Å². The second-order valence-corrected chi connectivity index (χ2v) is 4.40. The van der Waals surface area contributed by atoms with Gasteiger partial charge in [0.2, 0.25) is 0 Å². The van der Waals surface area contributed by atoms with Gasteiger partial charge in [-0.25, -0.2) is 0 Å². The van der Waals surface area contributed by atoms with Crippen molar-refractivity contribution < 1.29 is 14.2 Å². The quantitative estimate of drug-likeness (QED) is 0.839. The molecule has 1 fully saturated rings. The Labute approximate surface area is 108 Å². The molecule has 2 rings (SSSR count). The summed E-state index contributed by atoms with van der Waals surface area (Å²) >= 11 is 0. The molecule has 0 aromatic heterocycles. The first kappa shape index (κ1) is 13.3. The largest absolute Gasteiger partial charge is 0.494 e. The average Bonchev–Trinajstić information content (AvgIpc) is 2.90. The maximum atomic E-state index is 6.16. The van der Waals surface area contributed by atoms with Crippen LogP contribution in [0.25, 0.3) is 0 Å². The fourth-order valence-electron chi connectivity index (χ4n) is 2.05. The van der Waals surface area contributed by atoms with Crippen LogP contribution in [-0.2, 0) is 9.47 Å². The van der Waals surface area contributed by atoms with Crippen LogP contribution in [0.3, 0.4) is 0 Å². The Morgan fingerprint density at radius 2 is 2.28 bits per heavy atom. The molecule has 4 heteroatoms. The van der Waals surface area contributed by atoms with E-state index in [-0.39, 0.29) is 12.1 Å². The van der Waals surface area contributed by atoms with Gasteiger partial charge in [-0.05, 0) is 19.4 Å². The van der Waals surface area contributed by atoms with Gasteiger partial charge < -0.3 is 19.9 Å². The van der Waals surface area contributed by atoms with Gasteiger partial charge in [0.25, 0.3) is 0 Å². The summed E-state index contributed by atoms with van der Waals surface area (Å²) in [5, 5.41) is 0. The van der Waals surface area contributed by atoms with E-state index in [1.165, 1.54) is 0 Å². The predicted molar refractivity (Wildman–Crippen MR) is 69.7 cm³/mol. The first-order chi connectivity index (χ1) is 8.81. The van der Waals surface area contributed by atoms with Gasteiger partial charge in [0.15, 0.2) is 0 Å². The molecule has 1 aromatic carbocycles. The minimum atomic E-state index is -0.159. The molecule has 1 aliphatic rings. The lowest BCUT2D eigenvalue weighted by Crippen LogP contribution is -2.23. The van der Waals surface area contributed by atoms with Gasteiger partial charge in [0.05, 0.1) is 32.0 Å². The van der Waals surface area contributed by atoms with Gasteiger partial charge in [0, 0.05) is 12.2 Å². The standard InChI is InChI=1S/C14H21NO3/c1-2-17-14-6-4-3-5-12(14)13(15)10-18-11-7-8-16-9-11/h3-6,11,13H,2,7-10,15H2,1H3. The van der Waals surface area contributed by atoms with Crippen LogP contribution < -0.4 is 10.5 Å². The summed E-state index contributed by atoms with van der Waals surface area (Å²) < 4.78 is 16.6. The molecule has 0 saturated carbocycles. The van der Waals surface area contributed by atoms with Gasteiger partial charge in [-0.2, -0.15) is 0 Å². The topological polar surface area (TPSA) is 53.7 Å². The molecule has 0 amide bonds. The van der Waals surface area contributed by atoms with E-state index in [4.69, 9.17) is 19.9 Å². The summed E-state index contributed by atoms with van der Waals surface area (Å²) in [6, 6.07) is 7.69. The molecule has 2 N–H and O–H groups in total. The number of benzene rings is 1. The zero-order chi connectivity index (χ0) is 12.8. The van der Waals surface area contributed by atoms with Crippen molar-refractivity contribution in [3.8, 4) is 5.75 Å². The van der Waals surface area contributed by atoms with E-state index in [0.717, 1.165) is 24.3 Å². The van der Waals surface area contributed by atoms with Crippen LogP contribution in [0.4, 0.5) is 0 Å². The highest BCUT2D eigenvalue weighted by Gasteiger charge is 2.19. The maximum Gasteiger partial charge on any atom is 0.124 e. The zero-order valence-electron chi connectivity index (χ0n) is 10.8. The number of para-hydroxylation sites is 1. The predicted octanol–water partition coefficient (Wildman–Crippen LogP) is 1.89. The molecule has 2 atom stereocenters. The molecule has 100 valence electrons. The van der Waals surface area contributed by atoms with E-state index < -0.39 is 0 Å². The molecule has 0 radical (unpaired) electrons. The lowest BCUT2D eigenvalue weighted by molar-refractivity contribution is 0.0346. The van der Waals surface area contributed by atoms with Crippen LogP contribution in [0.15, 0.2) is 24.3 Å². The SMILES string of the molecule is CCOc1ccccc1C(N)COC1CCOC1. The second kappa shape index (κ2) is 6.73. The summed E-state index contributed by atoms with van der Waals surface area (Å²) in [6.45, 7) is 4.57. The number of nitrogens with two attached hydrogens (primary N) is 1. The summed E-state index contributed by atoms with van der Waals surface area (Å²) in [6.07, 6.45) is 1.15. The van der Waals surface area contributed by atoms with E-state index >= 15 is 0 Å². The molecule has 1 saturated heterocycles. The van der Waals surface area contributed by atoms with Crippen molar-refractivity contribution in [2.24, 2.45) is 5.73 Å². The number of hydrogen-bond acceptors (Lipinski definition) is 4. The van der Waals surface area contributed by atoms with Gasteiger partial charge in [0.1, 0.15) is 5.75 Å². The lowest BCUT2D eigenvalue weighted by atomic mass is 10.1. The highest BCUT2D eigenvalue weighted by molar-refractivity contribution is 5.35. The van der Waals surface area contributed by atoms with Crippen LogP contribution >= 0.6 is 0 Å². The normalized spacial score (nSPS) is 20.9. The van der Waals surface area contributed by atoms with E-state index in [9.17, 15) is 0 Å². The van der Waals surface area contributed by atoms with Crippen molar-refractivity contribution in [1.29, 1.82) is 0 Å². The Balaban J connectivity index is 1.92. The van der Waals surface area contributed by atoms with E-state index in [2.05, 4.69) is 0 Å². The Morgan fingerprint density at radius 3 is 3.00 bits per heavy atom. The fourth-order valence-corrected chi connectivity index (χ4v) is 2.05. The minimum Gasteiger partial charge on any atom is -0.494 e. The van der Waals surface area contributed by atoms with E-state index in [1.807, 2.05) is 31.2 Å². The van der Waals surface area contributed by atoms with Crippen molar-refractivity contribution in [3.05, 3.63) is 29.8 Å². The molecular formula is C14H21NO3. The highest BCUT2D eigenvalue weighted by Crippen LogP contribution is 2.24. The third kappa shape index (κ3) is 3.45. The number of ether oxygens (including phenoxy) is 3. The Morgan fingerprint density at radius 1 is 1.44 bits per heavy atom. The van der Waals surface area contributed by atoms with Crippen molar-refractivity contribution in [2.45, 2.75) is 25.5 Å². The lowest BCUT2D eigenvalue weighted by Gasteiger charge is -2.18. The Hall–Kier alpha value is -1.10. The third-order valence-electron chi connectivity index (χ3n) is 3.02. The molecule has 0 bridgehead atoms. The maximum absolute atomic E-state index is 6.16. The van der Waals surface area contributed by atoms with Crippen LogP contribution in [-0.4, -0.2) is 32.5 Å². The Bertz CT molecular complexity index is 364. The summed E-state index contributed by atoms with van der Waals surface area (Å²) in [7, 11) is 0. The monoisotopic (exact) mass is 251 g/mol. The highest BCUT2D eigenvalue weighted by atomic mass is 16.5. The van der Waals surface area contributed by atoms with Crippen LogP contribution in [0, 0.1) is 0 Å². The zero-order valence-corrected chi connectivity index (χ0v) is 10.8. The molecule has 1 aliphatic heterocycles. The molecule has 0 spiro atoms. The molecule has 1 aromatic rings. The first-order valence-electron chi connectivity index (χ1n) is 6.48. The summed E-state index contributed by atoms with van der Waals surface area (Å²) in [5.74, 6) is 0.846.